The maximum atomic E-state index is 4.33. The SMILES string of the molecule is CSC(C)(C)CNc1cncc(C)n1. The van der Waals surface area contributed by atoms with Gasteiger partial charge in [-0.1, -0.05) is 0 Å². The van der Waals surface area contributed by atoms with Gasteiger partial charge in [-0.2, -0.15) is 11.8 Å². The number of aryl methyl sites for hydroxylation is 1. The molecule has 78 valence electrons. The molecule has 0 bridgehead atoms. The van der Waals surface area contributed by atoms with Gasteiger partial charge < -0.3 is 5.32 Å². The Bertz CT molecular complexity index is 299. The van der Waals surface area contributed by atoms with Gasteiger partial charge in [-0.3, -0.25) is 4.98 Å². The Morgan fingerprint density at radius 3 is 2.71 bits per heavy atom. The molecular formula is C10H17N3S. The molecule has 0 aromatic carbocycles. The van der Waals surface area contributed by atoms with Crippen LogP contribution >= 0.6 is 11.8 Å². The molecule has 3 nitrogen and oxygen atoms in total. The highest BCUT2D eigenvalue weighted by Gasteiger charge is 2.15. The van der Waals surface area contributed by atoms with Gasteiger partial charge in [-0.25, -0.2) is 4.98 Å². The van der Waals surface area contributed by atoms with Gasteiger partial charge in [0.1, 0.15) is 5.82 Å². The summed E-state index contributed by atoms with van der Waals surface area (Å²) >= 11 is 1.84. The van der Waals surface area contributed by atoms with Crippen molar-refractivity contribution in [3.05, 3.63) is 18.1 Å². The van der Waals surface area contributed by atoms with Crippen molar-refractivity contribution in [2.45, 2.75) is 25.5 Å². The zero-order chi connectivity index (χ0) is 10.6. The summed E-state index contributed by atoms with van der Waals surface area (Å²) in [6, 6.07) is 0. The minimum Gasteiger partial charge on any atom is -0.367 e. The highest BCUT2D eigenvalue weighted by atomic mass is 32.2. The van der Waals surface area contributed by atoms with Crippen LogP contribution in [0.5, 0.6) is 0 Å². The van der Waals surface area contributed by atoms with E-state index in [2.05, 4.69) is 35.4 Å². The first-order chi connectivity index (χ1) is 6.53. The number of anilines is 1. The Morgan fingerprint density at radius 2 is 2.14 bits per heavy atom. The number of hydrogen-bond donors (Lipinski definition) is 1. The summed E-state index contributed by atoms with van der Waals surface area (Å²) in [6.45, 7) is 7.24. The fourth-order valence-electron chi connectivity index (χ4n) is 0.924. The summed E-state index contributed by atoms with van der Waals surface area (Å²) in [5.41, 5.74) is 0.942. The van der Waals surface area contributed by atoms with Crippen LogP contribution in [-0.4, -0.2) is 27.5 Å². The Hall–Kier alpha value is -0.770. The lowest BCUT2D eigenvalue weighted by Gasteiger charge is -2.22. The summed E-state index contributed by atoms with van der Waals surface area (Å²) in [5.74, 6) is 0.854. The van der Waals surface area contributed by atoms with E-state index in [9.17, 15) is 0 Å². The molecule has 0 radical (unpaired) electrons. The molecule has 1 aromatic rings. The summed E-state index contributed by atoms with van der Waals surface area (Å²) in [6.07, 6.45) is 5.62. The molecule has 0 aliphatic carbocycles. The van der Waals surface area contributed by atoms with E-state index >= 15 is 0 Å². The van der Waals surface area contributed by atoms with E-state index in [0.717, 1.165) is 18.1 Å². The van der Waals surface area contributed by atoms with Crippen LogP contribution in [0.1, 0.15) is 19.5 Å². The van der Waals surface area contributed by atoms with Crippen molar-refractivity contribution >= 4 is 17.6 Å². The Morgan fingerprint density at radius 1 is 1.43 bits per heavy atom. The fourth-order valence-corrected chi connectivity index (χ4v) is 1.14. The molecule has 0 saturated carbocycles. The first kappa shape index (κ1) is 11.3. The topological polar surface area (TPSA) is 37.8 Å². The minimum absolute atomic E-state index is 0.228. The lowest BCUT2D eigenvalue weighted by molar-refractivity contribution is 0.749. The van der Waals surface area contributed by atoms with Crippen LogP contribution in [0.2, 0.25) is 0 Å². The van der Waals surface area contributed by atoms with Gasteiger partial charge in [0.05, 0.1) is 11.9 Å². The van der Waals surface area contributed by atoms with E-state index in [1.54, 1.807) is 12.4 Å². The molecule has 0 aliphatic rings. The average molecular weight is 211 g/mol. The van der Waals surface area contributed by atoms with Crippen LogP contribution in [0.25, 0.3) is 0 Å². The maximum Gasteiger partial charge on any atom is 0.144 e. The van der Waals surface area contributed by atoms with Crippen molar-refractivity contribution in [2.75, 3.05) is 18.1 Å². The molecule has 1 rings (SSSR count). The van der Waals surface area contributed by atoms with Gasteiger partial charge in [-0.05, 0) is 27.0 Å². The van der Waals surface area contributed by atoms with Crippen molar-refractivity contribution in [2.24, 2.45) is 0 Å². The first-order valence-electron chi connectivity index (χ1n) is 4.61. The van der Waals surface area contributed by atoms with Crippen molar-refractivity contribution < 1.29 is 0 Å². The largest absolute Gasteiger partial charge is 0.367 e. The standard InChI is InChI=1S/C10H17N3S/c1-8-5-11-6-9(13-8)12-7-10(2,3)14-4/h5-6H,7H2,1-4H3,(H,12,13). The molecule has 4 heteroatoms. The zero-order valence-electron chi connectivity index (χ0n) is 9.16. The summed E-state index contributed by atoms with van der Waals surface area (Å²) in [5, 5.41) is 3.28. The summed E-state index contributed by atoms with van der Waals surface area (Å²) in [7, 11) is 0. The lowest BCUT2D eigenvalue weighted by atomic mass is 10.2. The molecule has 0 saturated heterocycles. The number of thioether (sulfide) groups is 1. The summed E-state index contributed by atoms with van der Waals surface area (Å²) in [4.78, 5) is 8.41. The van der Waals surface area contributed by atoms with Crippen LogP contribution in [0.4, 0.5) is 5.82 Å². The normalized spacial score (nSPS) is 11.4. The number of hydrogen-bond acceptors (Lipinski definition) is 4. The third kappa shape index (κ3) is 3.54. The Labute approximate surface area is 89.7 Å². The quantitative estimate of drug-likeness (QED) is 0.829. The Kier molecular flexibility index (Phi) is 3.75. The molecule has 1 N–H and O–H groups in total. The third-order valence-electron chi connectivity index (χ3n) is 2.00. The smallest absolute Gasteiger partial charge is 0.144 e. The van der Waals surface area contributed by atoms with Crippen molar-refractivity contribution in [1.82, 2.24) is 9.97 Å². The van der Waals surface area contributed by atoms with Gasteiger partial charge in [0, 0.05) is 17.5 Å². The van der Waals surface area contributed by atoms with Crippen LogP contribution in [0.15, 0.2) is 12.4 Å². The van der Waals surface area contributed by atoms with E-state index in [-0.39, 0.29) is 4.75 Å². The monoisotopic (exact) mass is 211 g/mol. The van der Waals surface area contributed by atoms with E-state index in [4.69, 9.17) is 0 Å². The molecule has 0 amide bonds. The van der Waals surface area contributed by atoms with Crippen LogP contribution in [0.3, 0.4) is 0 Å². The molecule has 14 heavy (non-hydrogen) atoms. The van der Waals surface area contributed by atoms with Gasteiger partial charge >= 0.3 is 0 Å². The molecule has 1 aromatic heterocycles. The molecule has 0 aliphatic heterocycles. The van der Waals surface area contributed by atoms with E-state index in [1.165, 1.54) is 0 Å². The second-order valence-electron chi connectivity index (χ2n) is 3.86. The first-order valence-corrected chi connectivity index (χ1v) is 5.84. The van der Waals surface area contributed by atoms with Crippen molar-refractivity contribution in [1.29, 1.82) is 0 Å². The summed E-state index contributed by atoms with van der Waals surface area (Å²) < 4.78 is 0.228. The van der Waals surface area contributed by atoms with Crippen molar-refractivity contribution in [3.63, 3.8) is 0 Å². The number of rotatable bonds is 4. The second-order valence-corrected chi connectivity index (χ2v) is 5.38. The van der Waals surface area contributed by atoms with Crippen LogP contribution in [-0.2, 0) is 0 Å². The average Bonchev–Trinajstić information content (AvgIpc) is 2.15. The van der Waals surface area contributed by atoms with Gasteiger partial charge in [0.15, 0.2) is 0 Å². The molecule has 0 fully saturated rings. The third-order valence-corrected chi connectivity index (χ3v) is 3.25. The van der Waals surface area contributed by atoms with E-state index in [0.29, 0.717) is 0 Å². The van der Waals surface area contributed by atoms with Crippen LogP contribution < -0.4 is 5.32 Å². The number of aromatic nitrogens is 2. The molecule has 0 spiro atoms. The molecular weight excluding hydrogens is 194 g/mol. The maximum absolute atomic E-state index is 4.33. The lowest BCUT2D eigenvalue weighted by Crippen LogP contribution is -2.26. The minimum atomic E-state index is 0.228. The second kappa shape index (κ2) is 4.64. The van der Waals surface area contributed by atoms with Gasteiger partial charge in [-0.15, -0.1) is 0 Å². The number of nitrogens with zero attached hydrogens (tertiary/aromatic N) is 2. The van der Waals surface area contributed by atoms with Gasteiger partial charge in [0.25, 0.3) is 0 Å². The fraction of sp³-hybridized carbons (Fsp3) is 0.600. The van der Waals surface area contributed by atoms with E-state index < -0.39 is 0 Å². The predicted octanol–water partition coefficient (Wildman–Crippen LogP) is 2.34. The molecule has 1 heterocycles. The predicted molar refractivity (Wildman–Crippen MR) is 62.9 cm³/mol. The Balaban J connectivity index is 2.54. The molecule has 0 unspecified atom stereocenters. The highest BCUT2D eigenvalue weighted by Crippen LogP contribution is 2.21. The van der Waals surface area contributed by atoms with Crippen molar-refractivity contribution in [3.8, 4) is 0 Å². The zero-order valence-corrected chi connectivity index (χ0v) is 9.98. The number of nitrogens with one attached hydrogen (secondary N) is 1. The van der Waals surface area contributed by atoms with E-state index in [1.807, 2.05) is 18.7 Å². The van der Waals surface area contributed by atoms with Crippen LogP contribution in [0, 0.1) is 6.92 Å². The van der Waals surface area contributed by atoms with Gasteiger partial charge in [0.2, 0.25) is 0 Å². The highest BCUT2D eigenvalue weighted by molar-refractivity contribution is 7.99. The molecule has 0 atom stereocenters.